The molecule has 6 rings (SSSR count). The first-order valence-corrected chi connectivity index (χ1v) is 14.9. The van der Waals surface area contributed by atoms with E-state index in [1.807, 2.05) is 74.1 Å². The summed E-state index contributed by atoms with van der Waals surface area (Å²) in [5.74, 6) is 3.87. The van der Waals surface area contributed by atoms with Gasteiger partial charge in [-0.3, -0.25) is 4.79 Å². The number of benzene rings is 4. The molecule has 0 atom stereocenters. The van der Waals surface area contributed by atoms with Gasteiger partial charge in [0.2, 0.25) is 5.36 Å². The number of aromatic carboxylic acids is 1. The number of anilines is 1. The average Bonchev–Trinajstić information content (AvgIpc) is 3.57. The van der Waals surface area contributed by atoms with Crippen molar-refractivity contribution >= 4 is 28.5 Å². The predicted octanol–water partition coefficient (Wildman–Crippen LogP) is 3.05. The lowest BCUT2D eigenvalue weighted by molar-refractivity contribution is -0.254. The fraction of sp³-hybridized carbons (Fsp3) is 0.135. The fourth-order valence-corrected chi connectivity index (χ4v) is 5.36. The summed E-state index contributed by atoms with van der Waals surface area (Å²) in [6, 6.07) is 24.8. The van der Waals surface area contributed by atoms with E-state index in [2.05, 4.69) is 27.5 Å². The summed E-state index contributed by atoms with van der Waals surface area (Å²) < 4.78 is 9.90. The number of fused-ring (bicyclic) bond motifs is 2. The second-order valence-electron chi connectivity index (χ2n) is 11.4. The molecule has 1 aliphatic carbocycles. The maximum Gasteiger partial charge on any atom is 0.251 e. The minimum absolute atomic E-state index is 0.0544. The van der Waals surface area contributed by atoms with Crippen LogP contribution in [0, 0.1) is 23.2 Å². The molecule has 236 valence electrons. The highest BCUT2D eigenvalue weighted by Crippen LogP contribution is 2.42. The zero-order chi connectivity index (χ0) is 33.9. The number of hydrogen-bond donors (Lipinski definition) is 1. The molecule has 11 heteroatoms. The Morgan fingerprint density at radius 1 is 1.00 bits per heavy atom. The number of carboxylic acids is 1. The van der Waals surface area contributed by atoms with E-state index in [0.717, 1.165) is 16.7 Å². The summed E-state index contributed by atoms with van der Waals surface area (Å²) in [5.41, 5.74) is 5.24. The largest absolute Gasteiger partial charge is 0.545 e. The number of carbonyl (C=O) groups is 2. The van der Waals surface area contributed by atoms with Gasteiger partial charge in [-0.2, -0.15) is 5.26 Å². The molecule has 2 heterocycles. The number of aromatic nitrogens is 3. The van der Waals surface area contributed by atoms with Crippen LogP contribution in [0.25, 0.3) is 39.1 Å². The third kappa shape index (κ3) is 6.21. The second-order valence-corrected chi connectivity index (χ2v) is 11.4. The van der Waals surface area contributed by atoms with Crippen molar-refractivity contribution in [2.45, 2.75) is 6.54 Å². The molecule has 0 saturated heterocycles. The molecule has 1 amide bonds. The van der Waals surface area contributed by atoms with Crippen LogP contribution < -0.4 is 25.3 Å². The molecule has 3 aromatic carbocycles. The van der Waals surface area contributed by atoms with Crippen molar-refractivity contribution in [2.24, 2.45) is 0 Å². The first-order valence-electron chi connectivity index (χ1n) is 14.9. The van der Waals surface area contributed by atoms with Gasteiger partial charge in [0.05, 0.1) is 30.5 Å². The Hall–Kier alpha value is -6.72. The Morgan fingerprint density at radius 3 is 2.50 bits per heavy atom. The number of nitriles is 1. The van der Waals surface area contributed by atoms with E-state index >= 15 is 0 Å². The van der Waals surface area contributed by atoms with Gasteiger partial charge in [-0.15, -0.1) is 5.10 Å². The molecule has 1 N–H and O–H groups in total. The monoisotopic (exact) mass is 635 g/mol. The summed E-state index contributed by atoms with van der Waals surface area (Å²) in [5, 5.41) is 33.8. The summed E-state index contributed by atoms with van der Waals surface area (Å²) >= 11 is 0. The number of carbonyl (C=O) groups excluding carboxylic acids is 2. The number of amides is 1. The molecule has 0 saturated carbocycles. The lowest BCUT2D eigenvalue weighted by Crippen LogP contribution is -2.25. The van der Waals surface area contributed by atoms with E-state index in [1.165, 1.54) is 12.1 Å². The highest BCUT2D eigenvalue weighted by molar-refractivity contribution is 6.09. The van der Waals surface area contributed by atoms with Gasteiger partial charge < -0.3 is 24.5 Å². The van der Waals surface area contributed by atoms with Gasteiger partial charge in [0, 0.05) is 71.0 Å². The minimum atomic E-state index is -1.37. The molecule has 1 aliphatic heterocycles. The topological polar surface area (TPSA) is 143 Å². The molecule has 48 heavy (non-hydrogen) atoms. The highest BCUT2D eigenvalue weighted by Gasteiger charge is 2.22. The van der Waals surface area contributed by atoms with Gasteiger partial charge in [0.25, 0.3) is 5.91 Å². The van der Waals surface area contributed by atoms with Gasteiger partial charge in [0.15, 0.2) is 6.07 Å². The first-order chi connectivity index (χ1) is 23.1. The van der Waals surface area contributed by atoms with Crippen LogP contribution in [0.5, 0.6) is 0 Å². The number of hydrogen-bond acceptors (Lipinski definition) is 8. The third-order valence-electron chi connectivity index (χ3n) is 7.86. The maximum atomic E-state index is 13.5. The van der Waals surface area contributed by atoms with Crippen LogP contribution in [0.2, 0.25) is 0 Å². The first kappa shape index (κ1) is 31.3. The Labute approximate surface area is 275 Å². The molecule has 0 radical (unpaired) electrons. The second kappa shape index (κ2) is 12.9. The average molecular weight is 636 g/mol. The molecule has 2 aliphatic rings. The SMILES string of the molecule is CN(C)c1ccc2c(-c3cc(C(=O)NCc4cn(-c5ccc(C#CC#N)cc5)nn4)ccc3C(=O)[O-])c3ccc(=[N+](C)C)cc-3oc2c1. The molecular weight excluding hydrogens is 606 g/mol. The van der Waals surface area contributed by atoms with Crippen molar-refractivity contribution in [1.29, 1.82) is 5.26 Å². The van der Waals surface area contributed by atoms with Crippen LogP contribution in [-0.4, -0.2) is 55.1 Å². The minimum Gasteiger partial charge on any atom is -0.545 e. The van der Waals surface area contributed by atoms with E-state index in [0.29, 0.717) is 44.7 Å². The van der Waals surface area contributed by atoms with E-state index in [9.17, 15) is 14.7 Å². The van der Waals surface area contributed by atoms with Crippen molar-refractivity contribution in [3.8, 4) is 46.0 Å². The van der Waals surface area contributed by atoms with Crippen LogP contribution in [0.15, 0.2) is 89.5 Å². The van der Waals surface area contributed by atoms with Crippen LogP contribution in [-0.2, 0) is 6.54 Å². The summed E-state index contributed by atoms with van der Waals surface area (Å²) in [7, 11) is 7.71. The number of rotatable bonds is 7. The van der Waals surface area contributed by atoms with E-state index in [1.54, 1.807) is 47.3 Å². The molecular formula is C37H29N7O4. The molecule has 1 aromatic heterocycles. The van der Waals surface area contributed by atoms with Gasteiger partial charge in [-0.1, -0.05) is 17.2 Å². The van der Waals surface area contributed by atoms with E-state index < -0.39 is 11.9 Å². The number of nitrogens with zero attached hydrogens (tertiary/aromatic N) is 6. The van der Waals surface area contributed by atoms with Crippen molar-refractivity contribution in [3.05, 3.63) is 113 Å². The zero-order valence-corrected chi connectivity index (χ0v) is 26.6. The van der Waals surface area contributed by atoms with Crippen molar-refractivity contribution in [1.82, 2.24) is 24.9 Å². The lowest BCUT2D eigenvalue weighted by atomic mass is 9.89. The molecule has 11 nitrogen and oxygen atoms in total. The highest BCUT2D eigenvalue weighted by atomic mass is 16.4. The zero-order valence-electron chi connectivity index (χ0n) is 26.6. The summed E-state index contributed by atoms with van der Waals surface area (Å²) in [6.07, 6.45) is 1.69. The van der Waals surface area contributed by atoms with Crippen LogP contribution in [0.3, 0.4) is 0 Å². The van der Waals surface area contributed by atoms with Gasteiger partial charge in [-0.25, -0.2) is 9.26 Å². The van der Waals surface area contributed by atoms with Crippen LogP contribution >= 0.6 is 0 Å². The third-order valence-corrected chi connectivity index (χ3v) is 7.86. The Bertz CT molecular complexity index is 2360. The molecule has 4 aromatic rings. The Balaban J connectivity index is 1.36. The molecule has 0 fully saturated rings. The van der Waals surface area contributed by atoms with Crippen molar-refractivity contribution in [2.75, 3.05) is 33.1 Å². The quantitative estimate of drug-likeness (QED) is 0.160. The van der Waals surface area contributed by atoms with Crippen LogP contribution in [0.1, 0.15) is 32.0 Å². The fourth-order valence-electron chi connectivity index (χ4n) is 5.36. The standard InChI is InChI=1S/C37H29N7O4/c1-42(2)27-12-15-30-33(19-27)48-34-20-28(43(3)4)13-16-31(34)35(30)32-18-24(9-14-29(32)37(46)47)36(45)39-21-25-22-44(41-40-25)26-10-7-23(8-11-26)6-5-17-38/h7-16,18-20,22H,21H2,1-4H3,(H-,39,45,46,47). The van der Waals surface area contributed by atoms with Gasteiger partial charge in [0.1, 0.15) is 31.1 Å². The predicted molar refractivity (Wildman–Crippen MR) is 179 cm³/mol. The maximum absolute atomic E-state index is 13.5. The smallest absolute Gasteiger partial charge is 0.251 e. The summed E-state index contributed by atoms with van der Waals surface area (Å²) in [6.45, 7) is 0.0822. The molecule has 0 spiro atoms. The molecule has 0 bridgehead atoms. The molecule has 0 unspecified atom stereocenters. The normalized spacial score (nSPS) is 10.6. The number of nitrogens with one attached hydrogen (secondary N) is 1. The Morgan fingerprint density at radius 2 is 1.79 bits per heavy atom. The van der Waals surface area contributed by atoms with E-state index in [-0.39, 0.29) is 17.7 Å². The lowest BCUT2D eigenvalue weighted by Gasteiger charge is -2.20. The van der Waals surface area contributed by atoms with Crippen molar-refractivity contribution < 1.29 is 19.1 Å². The number of carboxylic acid groups (broad SMARTS) is 1. The van der Waals surface area contributed by atoms with Crippen LogP contribution in [0.4, 0.5) is 5.69 Å². The van der Waals surface area contributed by atoms with Gasteiger partial charge in [-0.05, 0) is 60.2 Å². The van der Waals surface area contributed by atoms with Gasteiger partial charge >= 0.3 is 0 Å². The van der Waals surface area contributed by atoms with E-state index in [4.69, 9.17) is 9.68 Å². The summed E-state index contributed by atoms with van der Waals surface area (Å²) in [4.78, 5) is 27.9. The Kier molecular flexibility index (Phi) is 8.44. The van der Waals surface area contributed by atoms with Crippen molar-refractivity contribution in [3.63, 3.8) is 0 Å².